The minimum atomic E-state index is -0.0919. The SMILES string of the molecule is CC(C)c1nnc(C2CC3(CCN(C(=O)c4cscn4)CC3)CN2CC(=O)N2CCOCC2)o1. The fraction of sp³-hybridized carbons (Fsp3) is 0.696. The van der Waals surface area contributed by atoms with Crippen LogP contribution in [0.4, 0.5) is 0 Å². The van der Waals surface area contributed by atoms with E-state index in [4.69, 9.17) is 9.15 Å². The number of hydrogen-bond acceptors (Lipinski definition) is 9. The Balaban J connectivity index is 1.31. The summed E-state index contributed by atoms with van der Waals surface area (Å²) in [5.74, 6) is 1.49. The molecule has 0 N–H and O–H groups in total. The summed E-state index contributed by atoms with van der Waals surface area (Å²) in [6, 6.07) is -0.0919. The van der Waals surface area contributed by atoms with E-state index in [0.29, 0.717) is 63.4 Å². The van der Waals surface area contributed by atoms with Gasteiger partial charge in [-0.05, 0) is 24.7 Å². The molecular weight excluding hydrogens is 456 g/mol. The molecule has 3 aliphatic rings. The Kier molecular flexibility index (Phi) is 6.67. The lowest BCUT2D eigenvalue weighted by molar-refractivity contribution is -0.136. The largest absolute Gasteiger partial charge is 0.423 e. The lowest BCUT2D eigenvalue weighted by atomic mass is 9.76. The molecule has 0 radical (unpaired) electrons. The molecule has 1 unspecified atom stereocenters. The fourth-order valence-corrected chi connectivity index (χ4v) is 5.81. The Morgan fingerprint density at radius 1 is 1.15 bits per heavy atom. The third kappa shape index (κ3) is 4.73. The number of amides is 2. The summed E-state index contributed by atoms with van der Waals surface area (Å²) in [5, 5.41) is 10.4. The Bertz CT molecular complexity index is 995. The number of nitrogens with zero attached hydrogens (tertiary/aromatic N) is 6. The number of likely N-dealkylation sites (tertiary alicyclic amines) is 2. The maximum absolute atomic E-state index is 13.1. The van der Waals surface area contributed by atoms with Crippen LogP contribution in [0.3, 0.4) is 0 Å². The molecule has 3 saturated heterocycles. The average Bonchev–Trinajstić information content (AvgIpc) is 3.61. The van der Waals surface area contributed by atoms with Gasteiger partial charge in [-0.3, -0.25) is 14.5 Å². The van der Waals surface area contributed by atoms with Gasteiger partial charge in [0.25, 0.3) is 5.91 Å². The maximum Gasteiger partial charge on any atom is 0.273 e. The van der Waals surface area contributed by atoms with E-state index in [0.717, 1.165) is 25.8 Å². The molecule has 2 aromatic rings. The summed E-state index contributed by atoms with van der Waals surface area (Å²) >= 11 is 1.44. The molecule has 10 nitrogen and oxygen atoms in total. The molecular formula is C23H32N6O4S. The highest BCUT2D eigenvalue weighted by molar-refractivity contribution is 7.07. The minimum Gasteiger partial charge on any atom is -0.423 e. The third-order valence-corrected chi connectivity index (χ3v) is 7.89. The number of morpholine rings is 1. The van der Waals surface area contributed by atoms with Crippen LogP contribution in [0.2, 0.25) is 0 Å². The van der Waals surface area contributed by atoms with Crippen LogP contribution in [0.15, 0.2) is 15.3 Å². The number of aromatic nitrogens is 3. The van der Waals surface area contributed by atoms with Crippen LogP contribution in [0.5, 0.6) is 0 Å². The molecule has 5 heterocycles. The molecule has 0 aliphatic carbocycles. The zero-order chi connectivity index (χ0) is 23.7. The molecule has 3 fully saturated rings. The molecule has 3 aliphatic heterocycles. The Morgan fingerprint density at radius 3 is 2.56 bits per heavy atom. The van der Waals surface area contributed by atoms with E-state index < -0.39 is 0 Å². The van der Waals surface area contributed by atoms with E-state index in [-0.39, 0.29) is 29.2 Å². The molecule has 2 amide bonds. The van der Waals surface area contributed by atoms with Crippen molar-refractivity contribution in [1.82, 2.24) is 29.9 Å². The van der Waals surface area contributed by atoms with Gasteiger partial charge in [-0.2, -0.15) is 0 Å². The second-order valence-corrected chi connectivity index (χ2v) is 10.6. The second-order valence-electron chi connectivity index (χ2n) is 9.92. The summed E-state index contributed by atoms with van der Waals surface area (Å²) in [4.78, 5) is 36.0. The maximum atomic E-state index is 13.1. The van der Waals surface area contributed by atoms with Crippen LogP contribution >= 0.6 is 11.3 Å². The van der Waals surface area contributed by atoms with E-state index in [1.807, 2.05) is 23.6 Å². The molecule has 34 heavy (non-hydrogen) atoms. The first-order valence-corrected chi connectivity index (χ1v) is 13.0. The van der Waals surface area contributed by atoms with Crippen molar-refractivity contribution < 1.29 is 18.7 Å². The molecule has 5 rings (SSSR count). The fourth-order valence-electron chi connectivity index (χ4n) is 5.28. The highest BCUT2D eigenvalue weighted by atomic mass is 32.1. The smallest absolute Gasteiger partial charge is 0.273 e. The molecule has 11 heteroatoms. The van der Waals surface area contributed by atoms with Crippen LogP contribution in [-0.2, 0) is 9.53 Å². The van der Waals surface area contributed by atoms with Gasteiger partial charge in [0.2, 0.25) is 17.7 Å². The second kappa shape index (κ2) is 9.71. The number of thiazole rings is 1. The normalized spacial score (nSPS) is 23.2. The van der Waals surface area contributed by atoms with E-state index in [1.54, 1.807) is 10.9 Å². The Labute approximate surface area is 203 Å². The lowest BCUT2D eigenvalue weighted by Gasteiger charge is -2.39. The molecule has 2 aromatic heterocycles. The summed E-state index contributed by atoms with van der Waals surface area (Å²) < 4.78 is 11.5. The molecule has 0 saturated carbocycles. The molecule has 0 bridgehead atoms. The molecule has 1 atom stereocenters. The monoisotopic (exact) mass is 488 g/mol. The van der Waals surface area contributed by atoms with Crippen molar-refractivity contribution in [2.75, 3.05) is 52.5 Å². The summed E-state index contributed by atoms with van der Waals surface area (Å²) in [5.41, 5.74) is 2.23. The first kappa shape index (κ1) is 23.4. The number of rotatable bonds is 5. The van der Waals surface area contributed by atoms with Crippen LogP contribution in [0, 0.1) is 5.41 Å². The van der Waals surface area contributed by atoms with Gasteiger partial charge in [0.15, 0.2) is 0 Å². The van der Waals surface area contributed by atoms with Gasteiger partial charge in [0.1, 0.15) is 5.69 Å². The number of hydrogen-bond donors (Lipinski definition) is 0. The van der Waals surface area contributed by atoms with Crippen LogP contribution in [0.1, 0.15) is 67.3 Å². The van der Waals surface area contributed by atoms with Crippen LogP contribution in [0.25, 0.3) is 0 Å². The van der Waals surface area contributed by atoms with Gasteiger partial charge in [-0.1, -0.05) is 13.8 Å². The zero-order valence-corrected chi connectivity index (χ0v) is 20.6. The van der Waals surface area contributed by atoms with Gasteiger partial charge >= 0.3 is 0 Å². The van der Waals surface area contributed by atoms with Crippen molar-refractivity contribution >= 4 is 23.2 Å². The van der Waals surface area contributed by atoms with Gasteiger partial charge < -0.3 is 19.0 Å². The number of ether oxygens (including phenoxy) is 1. The Hall–Kier alpha value is -2.37. The Morgan fingerprint density at radius 2 is 1.91 bits per heavy atom. The number of carbonyl (C=O) groups excluding carboxylic acids is 2. The van der Waals surface area contributed by atoms with Crippen LogP contribution < -0.4 is 0 Å². The number of carbonyl (C=O) groups is 2. The summed E-state index contributed by atoms with van der Waals surface area (Å²) in [6.45, 7) is 8.99. The van der Waals surface area contributed by atoms with Crippen molar-refractivity contribution in [3.8, 4) is 0 Å². The van der Waals surface area contributed by atoms with Crippen molar-refractivity contribution in [2.45, 2.75) is 45.1 Å². The first-order chi connectivity index (χ1) is 16.4. The predicted octanol–water partition coefficient (Wildman–Crippen LogP) is 2.18. The topological polar surface area (TPSA) is 105 Å². The molecule has 184 valence electrons. The summed E-state index contributed by atoms with van der Waals surface area (Å²) in [6.07, 6.45) is 2.61. The van der Waals surface area contributed by atoms with Crippen molar-refractivity contribution in [3.63, 3.8) is 0 Å². The highest BCUT2D eigenvalue weighted by Gasteiger charge is 2.49. The van der Waals surface area contributed by atoms with E-state index in [1.165, 1.54) is 11.3 Å². The lowest BCUT2D eigenvalue weighted by Crippen LogP contribution is -2.47. The van der Waals surface area contributed by atoms with E-state index in [9.17, 15) is 9.59 Å². The van der Waals surface area contributed by atoms with Crippen molar-refractivity contribution in [2.24, 2.45) is 5.41 Å². The van der Waals surface area contributed by atoms with Crippen molar-refractivity contribution in [1.29, 1.82) is 0 Å². The highest BCUT2D eigenvalue weighted by Crippen LogP contribution is 2.49. The average molecular weight is 489 g/mol. The quantitative estimate of drug-likeness (QED) is 0.631. The third-order valence-electron chi connectivity index (χ3n) is 7.31. The summed E-state index contributed by atoms with van der Waals surface area (Å²) in [7, 11) is 0. The zero-order valence-electron chi connectivity index (χ0n) is 19.8. The van der Waals surface area contributed by atoms with Crippen LogP contribution in [-0.4, -0.2) is 94.2 Å². The van der Waals surface area contributed by atoms with Crippen molar-refractivity contribution in [3.05, 3.63) is 28.4 Å². The minimum absolute atomic E-state index is 0.00322. The van der Waals surface area contributed by atoms with Gasteiger partial charge in [-0.15, -0.1) is 21.5 Å². The van der Waals surface area contributed by atoms with E-state index in [2.05, 4.69) is 20.1 Å². The molecule has 0 aromatic carbocycles. The van der Waals surface area contributed by atoms with Gasteiger partial charge in [0, 0.05) is 44.0 Å². The first-order valence-electron chi connectivity index (χ1n) is 12.0. The van der Waals surface area contributed by atoms with Gasteiger partial charge in [0.05, 0.1) is 31.3 Å². The molecule has 1 spiro atoms. The van der Waals surface area contributed by atoms with E-state index >= 15 is 0 Å². The predicted molar refractivity (Wildman–Crippen MR) is 124 cm³/mol. The van der Waals surface area contributed by atoms with Gasteiger partial charge in [-0.25, -0.2) is 4.98 Å². The number of piperidine rings is 1. The standard InChI is InChI=1S/C23H32N6O4S/c1-16(2)20-25-26-21(33-20)18-11-23(14-29(18)12-19(30)27-7-9-32-10-8-27)3-5-28(6-4-23)22(31)17-13-34-15-24-17/h13,15-16,18H,3-12,14H2,1-2H3.